The molecule has 98 valence electrons. The smallest absolute Gasteiger partial charge is 0.219 e. The fourth-order valence-electron chi connectivity index (χ4n) is 1.60. The maximum atomic E-state index is 11.0. The first kappa shape index (κ1) is 17.8. The Morgan fingerprint density at radius 2 is 1.44 bits per heavy atom. The molecule has 1 rings (SSSR count). The van der Waals surface area contributed by atoms with Crippen LogP contribution in [0.3, 0.4) is 0 Å². The van der Waals surface area contributed by atoms with Gasteiger partial charge in [-0.25, -0.2) is 0 Å². The van der Waals surface area contributed by atoms with Gasteiger partial charge >= 0.3 is 0 Å². The van der Waals surface area contributed by atoms with Crippen molar-refractivity contribution in [2.75, 3.05) is 32.7 Å². The Kier molecular flexibility index (Phi) is 13.9. The van der Waals surface area contributed by atoms with E-state index in [-0.39, 0.29) is 5.91 Å². The van der Waals surface area contributed by atoms with E-state index in [0.29, 0.717) is 0 Å². The van der Waals surface area contributed by atoms with E-state index in [1.165, 1.54) is 13.0 Å². The zero-order valence-corrected chi connectivity index (χ0v) is 12.0. The zero-order chi connectivity index (χ0) is 13.0. The number of carbonyl (C=O) groups excluding carboxylic acids is 1. The van der Waals surface area contributed by atoms with Crippen molar-refractivity contribution in [2.24, 2.45) is 0 Å². The van der Waals surface area contributed by atoms with Crippen molar-refractivity contribution in [1.82, 2.24) is 9.80 Å². The molecule has 0 bridgehead atoms. The number of nitrogens with zero attached hydrogens (tertiary/aromatic N) is 2. The summed E-state index contributed by atoms with van der Waals surface area (Å²) in [6.07, 6.45) is 1.21. The van der Waals surface area contributed by atoms with E-state index in [4.69, 9.17) is 0 Å². The fraction of sp³-hybridized carbons (Fsp3) is 0.923. The van der Waals surface area contributed by atoms with Crippen LogP contribution in [-0.4, -0.2) is 48.4 Å². The first-order valence-corrected chi connectivity index (χ1v) is 6.72. The van der Waals surface area contributed by atoms with Crippen LogP contribution in [0.15, 0.2) is 0 Å². The molecule has 0 N–H and O–H groups in total. The predicted molar refractivity (Wildman–Crippen MR) is 71.7 cm³/mol. The topological polar surface area (TPSA) is 23.6 Å². The molecule has 0 aromatic heterocycles. The van der Waals surface area contributed by atoms with Crippen LogP contribution in [0.25, 0.3) is 0 Å². The SMILES string of the molecule is CC.CC.CCCN1CCN(C(C)=O)CC1. The largest absolute Gasteiger partial charge is 0.340 e. The molecule has 1 amide bonds. The lowest BCUT2D eigenvalue weighted by Crippen LogP contribution is -2.48. The normalized spacial score (nSPS) is 15.5. The lowest BCUT2D eigenvalue weighted by atomic mass is 10.3. The summed E-state index contributed by atoms with van der Waals surface area (Å²) in [6, 6.07) is 0. The van der Waals surface area contributed by atoms with Crippen molar-refractivity contribution in [3.05, 3.63) is 0 Å². The Morgan fingerprint density at radius 1 is 1.00 bits per heavy atom. The Bertz CT molecular complexity index is 152. The van der Waals surface area contributed by atoms with Gasteiger partial charge in [0, 0.05) is 33.1 Å². The highest BCUT2D eigenvalue weighted by atomic mass is 16.2. The second-order valence-corrected chi connectivity index (χ2v) is 3.35. The van der Waals surface area contributed by atoms with Crippen LogP contribution in [0, 0.1) is 0 Å². The molecule has 0 atom stereocenters. The summed E-state index contributed by atoms with van der Waals surface area (Å²) in [6.45, 7) is 16.9. The summed E-state index contributed by atoms with van der Waals surface area (Å²) in [5.74, 6) is 0.214. The number of rotatable bonds is 2. The standard InChI is InChI=1S/C9H18N2O.2C2H6/c1-3-4-10-5-7-11(8-6-10)9(2)12;2*1-2/h3-8H2,1-2H3;2*1-2H3. The van der Waals surface area contributed by atoms with Gasteiger partial charge in [-0.2, -0.15) is 0 Å². The van der Waals surface area contributed by atoms with Gasteiger partial charge in [0.15, 0.2) is 0 Å². The lowest BCUT2D eigenvalue weighted by Gasteiger charge is -2.33. The highest BCUT2D eigenvalue weighted by Gasteiger charge is 2.16. The molecule has 1 fully saturated rings. The van der Waals surface area contributed by atoms with Gasteiger partial charge in [-0.15, -0.1) is 0 Å². The summed E-state index contributed by atoms with van der Waals surface area (Å²) in [7, 11) is 0. The Balaban J connectivity index is 0. The molecule has 0 aromatic rings. The average molecular weight is 230 g/mol. The summed E-state index contributed by atoms with van der Waals surface area (Å²) >= 11 is 0. The van der Waals surface area contributed by atoms with Crippen LogP contribution in [0.5, 0.6) is 0 Å². The molecule has 1 aliphatic heterocycles. The van der Waals surface area contributed by atoms with Gasteiger partial charge in [-0.3, -0.25) is 9.69 Å². The molecule has 1 aliphatic rings. The van der Waals surface area contributed by atoms with Crippen molar-refractivity contribution in [3.63, 3.8) is 0 Å². The minimum absolute atomic E-state index is 0.214. The van der Waals surface area contributed by atoms with Gasteiger partial charge in [0.1, 0.15) is 0 Å². The number of hydrogen-bond donors (Lipinski definition) is 0. The summed E-state index contributed by atoms with van der Waals surface area (Å²) in [4.78, 5) is 15.3. The van der Waals surface area contributed by atoms with Gasteiger partial charge in [-0.1, -0.05) is 34.6 Å². The molecule has 0 radical (unpaired) electrons. The molecule has 3 heteroatoms. The molecular weight excluding hydrogens is 200 g/mol. The van der Waals surface area contributed by atoms with Crippen LogP contribution in [-0.2, 0) is 4.79 Å². The summed E-state index contributed by atoms with van der Waals surface area (Å²) in [5, 5.41) is 0. The third-order valence-corrected chi connectivity index (χ3v) is 2.36. The molecule has 0 saturated carbocycles. The van der Waals surface area contributed by atoms with Gasteiger partial charge in [-0.05, 0) is 13.0 Å². The van der Waals surface area contributed by atoms with Crippen molar-refractivity contribution in [2.45, 2.75) is 48.0 Å². The average Bonchev–Trinajstić information content (AvgIpc) is 2.35. The number of piperazine rings is 1. The maximum Gasteiger partial charge on any atom is 0.219 e. The Labute approximate surface area is 102 Å². The Morgan fingerprint density at radius 3 is 1.75 bits per heavy atom. The van der Waals surface area contributed by atoms with Crippen LogP contribution in [0.4, 0.5) is 0 Å². The predicted octanol–water partition coefficient (Wildman–Crippen LogP) is 2.61. The van der Waals surface area contributed by atoms with E-state index < -0.39 is 0 Å². The molecule has 0 unspecified atom stereocenters. The minimum atomic E-state index is 0.214. The fourth-order valence-corrected chi connectivity index (χ4v) is 1.60. The number of hydrogen-bond acceptors (Lipinski definition) is 2. The van der Waals surface area contributed by atoms with Crippen molar-refractivity contribution >= 4 is 5.91 Å². The molecule has 0 aromatic carbocycles. The van der Waals surface area contributed by atoms with Crippen LogP contribution >= 0.6 is 0 Å². The van der Waals surface area contributed by atoms with E-state index >= 15 is 0 Å². The van der Waals surface area contributed by atoms with Crippen molar-refractivity contribution in [3.8, 4) is 0 Å². The molecule has 3 nitrogen and oxygen atoms in total. The second-order valence-electron chi connectivity index (χ2n) is 3.35. The zero-order valence-electron chi connectivity index (χ0n) is 12.0. The van der Waals surface area contributed by atoms with Gasteiger partial charge in [0.2, 0.25) is 5.91 Å². The molecule has 1 saturated heterocycles. The molecule has 0 spiro atoms. The van der Waals surface area contributed by atoms with Crippen LogP contribution in [0.1, 0.15) is 48.0 Å². The molecule has 16 heavy (non-hydrogen) atoms. The highest BCUT2D eigenvalue weighted by Crippen LogP contribution is 2.01. The highest BCUT2D eigenvalue weighted by molar-refractivity contribution is 5.73. The van der Waals surface area contributed by atoms with Crippen molar-refractivity contribution in [1.29, 1.82) is 0 Å². The second kappa shape index (κ2) is 12.5. The number of carbonyl (C=O) groups is 1. The van der Waals surface area contributed by atoms with E-state index in [1.807, 2.05) is 32.6 Å². The van der Waals surface area contributed by atoms with E-state index in [0.717, 1.165) is 26.2 Å². The number of amides is 1. The van der Waals surface area contributed by atoms with Crippen molar-refractivity contribution < 1.29 is 4.79 Å². The monoisotopic (exact) mass is 230 g/mol. The first-order valence-electron chi connectivity index (χ1n) is 6.72. The van der Waals surface area contributed by atoms with E-state index in [1.54, 1.807) is 6.92 Å². The van der Waals surface area contributed by atoms with E-state index in [2.05, 4.69) is 11.8 Å². The third kappa shape index (κ3) is 7.69. The van der Waals surface area contributed by atoms with E-state index in [9.17, 15) is 4.79 Å². The minimum Gasteiger partial charge on any atom is -0.340 e. The van der Waals surface area contributed by atoms with Gasteiger partial charge < -0.3 is 4.90 Å². The first-order chi connectivity index (χ1) is 7.74. The molecule has 0 aliphatic carbocycles. The van der Waals surface area contributed by atoms with Gasteiger partial charge in [0.25, 0.3) is 0 Å². The molecule has 1 heterocycles. The maximum absolute atomic E-state index is 11.0. The molecular formula is C13H30N2O. The lowest BCUT2D eigenvalue weighted by molar-refractivity contribution is -0.130. The third-order valence-electron chi connectivity index (χ3n) is 2.36. The Hall–Kier alpha value is -0.570. The quantitative estimate of drug-likeness (QED) is 0.728. The van der Waals surface area contributed by atoms with Crippen LogP contribution < -0.4 is 0 Å². The summed E-state index contributed by atoms with van der Waals surface area (Å²) in [5.41, 5.74) is 0. The summed E-state index contributed by atoms with van der Waals surface area (Å²) < 4.78 is 0. The van der Waals surface area contributed by atoms with Crippen LogP contribution in [0.2, 0.25) is 0 Å². The van der Waals surface area contributed by atoms with Gasteiger partial charge in [0.05, 0.1) is 0 Å².